The van der Waals surface area contributed by atoms with Crippen LogP contribution in [-0.2, 0) is 16.1 Å². The highest BCUT2D eigenvalue weighted by molar-refractivity contribution is 6.07. The first kappa shape index (κ1) is 15.1. The second kappa shape index (κ2) is 5.85. The fourth-order valence-electron chi connectivity index (χ4n) is 3.71. The number of likely N-dealkylation sites (N-methyl/N-ethyl adjacent to an activating group) is 1. The van der Waals surface area contributed by atoms with Gasteiger partial charge in [0.2, 0.25) is 11.8 Å². The Labute approximate surface area is 140 Å². The van der Waals surface area contributed by atoms with Crippen molar-refractivity contribution in [3.05, 3.63) is 71.8 Å². The van der Waals surface area contributed by atoms with Gasteiger partial charge in [0.15, 0.2) is 0 Å². The number of carbonyl (C=O) groups excluding carboxylic acids is 2. The summed E-state index contributed by atoms with van der Waals surface area (Å²) in [6.45, 7) is 0.334. The zero-order chi connectivity index (χ0) is 16.7. The molecule has 3 atom stereocenters. The van der Waals surface area contributed by atoms with Crippen molar-refractivity contribution >= 4 is 11.8 Å². The van der Waals surface area contributed by atoms with Gasteiger partial charge in [-0.25, -0.2) is 10.4 Å². The molecular weight excluding hydrogens is 302 g/mol. The van der Waals surface area contributed by atoms with Crippen molar-refractivity contribution in [1.29, 1.82) is 0 Å². The number of imide groups is 1. The van der Waals surface area contributed by atoms with Crippen LogP contribution in [0.5, 0.6) is 0 Å². The third kappa shape index (κ3) is 2.33. The van der Waals surface area contributed by atoms with E-state index in [1.165, 1.54) is 4.90 Å². The molecule has 122 valence electrons. The molecule has 2 aromatic rings. The number of hydrogen-bond acceptors (Lipinski definition) is 4. The van der Waals surface area contributed by atoms with Crippen LogP contribution in [0.3, 0.4) is 0 Å². The zero-order valence-corrected chi connectivity index (χ0v) is 13.4. The minimum Gasteiger partial charge on any atom is -0.276 e. The molecule has 4 rings (SSSR count). The van der Waals surface area contributed by atoms with Gasteiger partial charge in [-0.1, -0.05) is 60.7 Å². The maximum absolute atomic E-state index is 13.0. The van der Waals surface area contributed by atoms with Gasteiger partial charge in [0.25, 0.3) is 0 Å². The van der Waals surface area contributed by atoms with Crippen LogP contribution in [0.25, 0.3) is 0 Å². The monoisotopic (exact) mass is 321 g/mol. The van der Waals surface area contributed by atoms with Crippen molar-refractivity contribution in [1.82, 2.24) is 15.3 Å². The fourth-order valence-corrected chi connectivity index (χ4v) is 3.71. The molecule has 0 aliphatic carbocycles. The van der Waals surface area contributed by atoms with Crippen molar-refractivity contribution in [2.75, 3.05) is 7.05 Å². The Bertz CT molecular complexity index is 763. The van der Waals surface area contributed by atoms with Crippen LogP contribution in [0, 0.1) is 5.92 Å². The molecule has 5 nitrogen and oxygen atoms in total. The van der Waals surface area contributed by atoms with Gasteiger partial charge in [-0.05, 0) is 11.1 Å². The van der Waals surface area contributed by atoms with Gasteiger partial charge in [-0.2, -0.15) is 0 Å². The van der Waals surface area contributed by atoms with Crippen molar-refractivity contribution in [3.8, 4) is 0 Å². The van der Waals surface area contributed by atoms with E-state index in [-0.39, 0.29) is 23.8 Å². The number of hydrazine groups is 1. The van der Waals surface area contributed by atoms with Crippen LogP contribution in [0.4, 0.5) is 0 Å². The lowest BCUT2D eigenvalue weighted by molar-refractivity contribution is -0.142. The van der Waals surface area contributed by atoms with E-state index in [9.17, 15) is 9.59 Å². The van der Waals surface area contributed by atoms with Crippen molar-refractivity contribution in [3.63, 3.8) is 0 Å². The van der Waals surface area contributed by atoms with Crippen LogP contribution in [0.15, 0.2) is 60.7 Å². The van der Waals surface area contributed by atoms with Gasteiger partial charge >= 0.3 is 0 Å². The largest absolute Gasteiger partial charge is 0.276 e. The standard InChI is InChI=1S/C19H19N3O2/c1-21-17-15(16(20-21)14-10-6-3-7-11-14)18(23)22(19(17)24)12-13-8-4-2-5-9-13/h2-11,15-17,20H,12H2,1H3/t15-,16-,17+/m1/s1. The van der Waals surface area contributed by atoms with Gasteiger partial charge in [0.05, 0.1) is 18.5 Å². The summed E-state index contributed by atoms with van der Waals surface area (Å²) in [7, 11) is 1.83. The molecule has 2 heterocycles. The number of rotatable bonds is 3. The van der Waals surface area contributed by atoms with E-state index >= 15 is 0 Å². The summed E-state index contributed by atoms with van der Waals surface area (Å²) in [5.74, 6) is -0.601. The molecule has 0 bridgehead atoms. The summed E-state index contributed by atoms with van der Waals surface area (Å²) < 4.78 is 0. The predicted molar refractivity (Wildman–Crippen MR) is 89.4 cm³/mol. The second-order valence-electron chi connectivity index (χ2n) is 6.35. The molecule has 2 aromatic carbocycles. The quantitative estimate of drug-likeness (QED) is 0.875. The summed E-state index contributed by atoms with van der Waals surface area (Å²) in [6, 6.07) is 18.9. The fraction of sp³-hybridized carbons (Fsp3) is 0.263. The average molecular weight is 321 g/mol. The molecule has 0 unspecified atom stereocenters. The summed E-state index contributed by atoms with van der Waals surface area (Å²) in [4.78, 5) is 27.2. The molecule has 2 aliphatic rings. The third-order valence-corrected chi connectivity index (χ3v) is 4.87. The molecule has 2 saturated heterocycles. The van der Waals surface area contributed by atoms with Crippen LogP contribution in [0.2, 0.25) is 0 Å². The minimum atomic E-state index is -0.439. The number of nitrogens with zero attached hydrogens (tertiary/aromatic N) is 2. The highest BCUT2D eigenvalue weighted by Crippen LogP contribution is 2.39. The summed E-state index contributed by atoms with van der Waals surface area (Å²) in [6.07, 6.45) is 0. The normalized spacial score (nSPS) is 26.9. The molecular formula is C19H19N3O2. The first-order valence-electron chi connectivity index (χ1n) is 8.10. The van der Waals surface area contributed by atoms with Crippen molar-refractivity contribution in [2.45, 2.75) is 18.6 Å². The smallest absolute Gasteiger partial charge is 0.249 e. The van der Waals surface area contributed by atoms with E-state index in [0.29, 0.717) is 6.54 Å². The third-order valence-electron chi connectivity index (χ3n) is 4.87. The molecule has 2 fully saturated rings. The predicted octanol–water partition coefficient (Wildman–Crippen LogP) is 1.73. The Kier molecular flexibility index (Phi) is 3.67. The minimum absolute atomic E-state index is 0.0976. The number of benzene rings is 2. The first-order valence-corrected chi connectivity index (χ1v) is 8.10. The highest BCUT2D eigenvalue weighted by Gasteiger charge is 2.57. The Morgan fingerprint density at radius 1 is 0.917 bits per heavy atom. The number of fused-ring (bicyclic) bond motifs is 1. The second-order valence-corrected chi connectivity index (χ2v) is 6.35. The Balaban J connectivity index is 1.64. The molecule has 0 aromatic heterocycles. The van der Waals surface area contributed by atoms with Gasteiger partial charge in [-0.15, -0.1) is 0 Å². The molecule has 0 radical (unpaired) electrons. The maximum Gasteiger partial charge on any atom is 0.249 e. The number of amides is 2. The molecule has 2 amide bonds. The molecule has 5 heteroatoms. The number of likely N-dealkylation sites (tertiary alicyclic amines) is 1. The Morgan fingerprint density at radius 2 is 1.54 bits per heavy atom. The maximum atomic E-state index is 13.0. The molecule has 1 N–H and O–H groups in total. The molecule has 0 spiro atoms. The summed E-state index contributed by atoms with van der Waals surface area (Å²) in [5.41, 5.74) is 5.27. The van der Waals surface area contributed by atoms with E-state index in [4.69, 9.17) is 0 Å². The van der Waals surface area contributed by atoms with Crippen LogP contribution >= 0.6 is 0 Å². The Morgan fingerprint density at radius 3 is 2.21 bits per heavy atom. The molecule has 2 aliphatic heterocycles. The first-order chi connectivity index (χ1) is 11.7. The lowest BCUT2D eigenvalue weighted by Gasteiger charge is -2.22. The lowest BCUT2D eigenvalue weighted by atomic mass is 9.91. The zero-order valence-electron chi connectivity index (χ0n) is 13.4. The summed E-state index contributed by atoms with van der Waals surface area (Å²) >= 11 is 0. The van der Waals surface area contributed by atoms with E-state index in [1.54, 1.807) is 5.01 Å². The van der Waals surface area contributed by atoms with Gasteiger partial charge in [-0.3, -0.25) is 14.5 Å². The van der Waals surface area contributed by atoms with Crippen molar-refractivity contribution in [2.24, 2.45) is 5.92 Å². The van der Waals surface area contributed by atoms with E-state index in [1.807, 2.05) is 67.7 Å². The van der Waals surface area contributed by atoms with E-state index < -0.39 is 6.04 Å². The van der Waals surface area contributed by atoms with Crippen LogP contribution < -0.4 is 5.43 Å². The van der Waals surface area contributed by atoms with Crippen molar-refractivity contribution < 1.29 is 9.59 Å². The Hall–Kier alpha value is -2.50. The van der Waals surface area contributed by atoms with Crippen LogP contribution in [-0.4, -0.2) is 34.8 Å². The number of nitrogens with one attached hydrogen (secondary N) is 1. The van der Waals surface area contributed by atoms with Gasteiger partial charge in [0, 0.05) is 7.05 Å². The summed E-state index contributed by atoms with van der Waals surface area (Å²) in [5, 5.41) is 1.79. The number of hydrogen-bond donors (Lipinski definition) is 1. The van der Waals surface area contributed by atoms with Gasteiger partial charge < -0.3 is 0 Å². The molecule has 24 heavy (non-hydrogen) atoms. The van der Waals surface area contributed by atoms with E-state index in [0.717, 1.165) is 11.1 Å². The van der Waals surface area contributed by atoms with E-state index in [2.05, 4.69) is 5.43 Å². The molecule has 0 saturated carbocycles. The topological polar surface area (TPSA) is 52.7 Å². The lowest BCUT2D eigenvalue weighted by Crippen LogP contribution is -2.42. The highest BCUT2D eigenvalue weighted by atomic mass is 16.2. The van der Waals surface area contributed by atoms with Crippen LogP contribution in [0.1, 0.15) is 17.2 Å². The number of carbonyl (C=O) groups is 2. The SMILES string of the molecule is CN1N[C@H](c2ccccc2)[C@H]2C(=O)N(Cc3ccccc3)C(=O)[C@H]21. The average Bonchev–Trinajstić information content (AvgIpc) is 3.08. The van der Waals surface area contributed by atoms with Gasteiger partial charge in [0.1, 0.15) is 6.04 Å².